The van der Waals surface area contributed by atoms with Crippen LogP contribution in [0.3, 0.4) is 0 Å². The van der Waals surface area contributed by atoms with Gasteiger partial charge in [0.05, 0.1) is 3.57 Å². The molecule has 0 heterocycles. The Bertz CT molecular complexity index is 279. The van der Waals surface area contributed by atoms with E-state index in [4.69, 9.17) is 0 Å². The van der Waals surface area contributed by atoms with Crippen LogP contribution in [0.1, 0.15) is 38.2 Å². The molecule has 0 fully saturated rings. The summed E-state index contributed by atoms with van der Waals surface area (Å²) in [5, 5.41) is 9.82. The monoisotopic (exact) mass is 290 g/mol. The molecule has 1 N–H and O–H groups in total. The van der Waals surface area contributed by atoms with Gasteiger partial charge >= 0.3 is 0 Å². The normalized spacial score (nSPS) is 10.8. The number of halogens is 1. The van der Waals surface area contributed by atoms with E-state index in [2.05, 4.69) is 36.4 Å². The van der Waals surface area contributed by atoms with E-state index >= 15 is 0 Å². The summed E-state index contributed by atoms with van der Waals surface area (Å²) >= 11 is 2.17. The third kappa shape index (κ3) is 2.36. The van der Waals surface area contributed by atoms with E-state index < -0.39 is 0 Å². The lowest BCUT2D eigenvalue weighted by Gasteiger charge is -2.14. The Balaban J connectivity index is 3.05. The topological polar surface area (TPSA) is 20.2 Å². The second-order valence-corrected chi connectivity index (χ2v) is 4.35. The van der Waals surface area contributed by atoms with Crippen LogP contribution in [0.15, 0.2) is 18.2 Å². The fraction of sp³-hybridized carbons (Fsp3) is 0.455. The van der Waals surface area contributed by atoms with Crippen molar-refractivity contribution in [1.82, 2.24) is 0 Å². The van der Waals surface area contributed by atoms with Crippen molar-refractivity contribution in [3.63, 3.8) is 0 Å². The van der Waals surface area contributed by atoms with Crippen molar-refractivity contribution in [1.29, 1.82) is 0 Å². The van der Waals surface area contributed by atoms with Gasteiger partial charge in [0.2, 0.25) is 0 Å². The predicted molar refractivity (Wildman–Crippen MR) is 64.1 cm³/mol. The van der Waals surface area contributed by atoms with Gasteiger partial charge in [-0.25, -0.2) is 0 Å². The van der Waals surface area contributed by atoms with Crippen LogP contribution in [0.2, 0.25) is 0 Å². The average Bonchev–Trinajstić information content (AvgIpc) is 2.14. The Morgan fingerprint density at radius 1 is 1.31 bits per heavy atom. The van der Waals surface area contributed by atoms with Gasteiger partial charge in [0.15, 0.2) is 0 Å². The van der Waals surface area contributed by atoms with E-state index in [0.29, 0.717) is 11.7 Å². The molecule has 0 saturated heterocycles. The highest BCUT2D eigenvalue weighted by molar-refractivity contribution is 14.1. The molecule has 0 aromatic heterocycles. The molecule has 0 amide bonds. The average molecular weight is 290 g/mol. The number of aromatic hydroxyl groups is 1. The first-order valence-electron chi connectivity index (χ1n) is 4.68. The highest BCUT2D eigenvalue weighted by atomic mass is 127. The van der Waals surface area contributed by atoms with Crippen LogP contribution < -0.4 is 0 Å². The van der Waals surface area contributed by atoms with E-state index in [1.807, 2.05) is 18.2 Å². The van der Waals surface area contributed by atoms with Gasteiger partial charge in [-0.2, -0.15) is 0 Å². The van der Waals surface area contributed by atoms with Crippen LogP contribution in [0.5, 0.6) is 5.75 Å². The van der Waals surface area contributed by atoms with E-state index in [-0.39, 0.29) is 0 Å². The molecule has 0 aliphatic carbocycles. The molecule has 2 heteroatoms. The molecule has 1 nitrogen and oxygen atoms in total. The summed E-state index contributed by atoms with van der Waals surface area (Å²) < 4.78 is 0.946. The number of benzene rings is 1. The summed E-state index contributed by atoms with van der Waals surface area (Å²) in [5.41, 5.74) is 1.09. The summed E-state index contributed by atoms with van der Waals surface area (Å²) in [6.45, 7) is 4.32. The number of phenolic OH excluding ortho intramolecular Hbond substituents is 1. The number of hydrogen-bond donors (Lipinski definition) is 1. The van der Waals surface area contributed by atoms with Crippen LogP contribution in [0, 0.1) is 3.57 Å². The van der Waals surface area contributed by atoms with Gasteiger partial charge in [-0.05, 0) is 53.0 Å². The third-order valence-electron chi connectivity index (χ3n) is 2.44. The number of para-hydroxylation sites is 1. The van der Waals surface area contributed by atoms with Gasteiger partial charge in [0.1, 0.15) is 5.75 Å². The minimum atomic E-state index is 0.469. The Morgan fingerprint density at radius 3 is 2.46 bits per heavy atom. The van der Waals surface area contributed by atoms with Crippen molar-refractivity contribution in [2.24, 2.45) is 0 Å². The Kier molecular flexibility index (Phi) is 4.03. The van der Waals surface area contributed by atoms with Gasteiger partial charge in [-0.1, -0.05) is 26.0 Å². The van der Waals surface area contributed by atoms with Gasteiger partial charge in [-0.15, -0.1) is 0 Å². The summed E-state index contributed by atoms with van der Waals surface area (Å²) in [5.74, 6) is 0.964. The minimum Gasteiger partial charge on any atom is -0.507 e. The molecular weight excluding hydrogens is 275 g/mol. The standard InChI is InChI=1S/C11H15IO/c1-3-8(4-2)9-6-5-7-10(12)11(9)13/h5-8,13H,3-4H2,1-2H3. The van der Waals surface area contributed by atoms with E-state index in [1.54, 1.807) is 0 Å². The summed E-state index contributed by atoms with van der Waals surface area (Å²) in [6.07, 6.45) is 2.17. The maximum atomic E-state index is 9.82. The summed E-state index contributed by atoms with van der Waals surface area (Å²) in [7, 11) is 0. The van der Waals surface area contributed by atoms with Crippen molar-refractivity contribution in [3.05, 3.63) is 27.3 Å². The lowest BCUT2D eigenvalue weighted by Crippen LogP contribution is -1.96. The smallest absolute Gasteiger partial charge is 0.132 e. The quantitative estimate of drug-likeness (QED) is 0.837. The molecular formula is C11H15IO. The Labute approximate surface area is 93.3 Å². The minimum absolute atomic E-state index is 0.469. The first-order valence-corrected chi connectivity index (χ1v) is 5.75. The molecule has 72 valence electrons. The zero-order chi connectivity index (χ0) is 9.84. The molecule has 0 bridgehead atoms. The van der Waals surface area contributed by atoms with Crippen LogP contribution in [-0.2, 0) is 0 Å². The zero-order valence-electron chi connectivity index (χ0n) is 8.05. The first-order chi connectivity index (χ1) is 6.20. The highest BCUT2D eigenvalue weighted by Gasteiger charge is 2.12. The van der Waals surface area contributed by atoms with Crippen molar-refractivity contribution < 1.29 is 5.11 Å². The number of hydrogen-bond acceptors (Lipinski definition) is 1. The Hall–Kier alpha value is -0.250. The third-order valence-corrected chi connectivity index (χ3v) is 3.31. The van der Waals surface area contributed by atoms with Crippen molar-refractivity contribution in [3.8, 4) is 5.75 Å². The van der Waals surface area contributed by atoms with E-state index in [1.165, 1.54) is 0 Å². The molecule has 0 atom stereocenters. The van der Waals surface area contributed by atoms with Crippen molar-refractivity contribution >= 4 is 22.6 Å². The van der Waals surface area contributed by atoms with Crippen LogP contribution >= 0.6 is 22.6 Å². The molecule has 0 saturated carbocycles. The molecule has 0 radical (unpaired) electrons. The lowest BCUT2D eigenvalue weighted by atomic mass is 9.93. The Morgan fingerprint density at radius 2 is 1.92 bits per heavy atom. The van der Waals surface area contributed by atoms with Crippen molar-refractivity contribution in [2.45, 2.75) is 32.6 Å². The molecule has 1 aromatic carbocycles. The van der Waals surface area contributed by atoms with Crippen LogP contribution in [-0.4, -0.2) is 5.11 Å². The number of rotatable bonds is 3. The van der Waals surface area contributed by atoms with Gasteiger partial charge in [-0.3, -0.25) is 0 Å². The maximum Gasteiger partial charge on any atom is 0.132 e. The molecule has 0 aliphatic heterocycles. The summed E-state index contributed by atoms with van der Waals surface area (Å²) in [6, 6.07) is 5.96. The maximum absolute atomic E-state index is 9.82. The second-order valence-electron chi connectivity index (χ2n) is 3.19. The molecule has 0 aliphatic rings. The second kappa shape index (κ2) is 4.84. The largest absolute Gasteiger partial charge is 0.507 e. The van der Waals surface area contributed by atoms with Gasteiger partial charge in [0, 0.05) is 0 Å². The molecule has 0 unspecified atom stereocenters. The van der Waals surface area contributed by atoms with E-state index in [0.717, 1.165) is 22.0 Å². The SMILES string of the molecule is CCC(CC)c1cccc(I)c1O. The lowest BCUT2D eigenvalue weighted by molar-refractivity contribution is 0.453. The molecule has 13 heavy (non-hydrogen) atoms. The first kappa shape index (κ1) is 10.8. The molecule has 1 aromatic rings. The zero-order valence-corrected chi connectivity index (χ0v) is 10.2. The molecule has 0 spiro atoms. The summed E-state index contributed by atoms with van der Waals surface area (Å²) in [4.78, 5) is 0. The van der Waals surface area contributed by atoms with Crippen molar-refractivity contribution in [2.75, 3.05) is 0 Å². The van der Waals surface area contributed by atoms with Crippen LogP contribution in [0.25, 0.3) is 0 Å². The fourth-order valence-corrected chi connectivity index (χ4v) is 2.11. The van der Waals surface area contributed by atoms with E-state index in [9.17, 15) is 5.11 Å². The van der Waals surface area contributed by atoms with Crippen LogP contribution in [0.4, 0.5) is 0 Å². The number of phenols is 1. The molecule has 1 rings (SSSR count). The highest BCUT2D eigenvalue weighted by Crippen LogP contribution is 2.33. The van der Waals surface area contributed by atoms with Gasteiger partial charge in [0.25, 0.3) is 0 Å². The fourth-order valence-electron chi connectivity index (χ4n) is 1.59. The predicted octanol–water partition coefficient (Wildman–Crippen LogP) is 3.90. The van der Waals surface area contributed by atoms with Gasteiger partial charge < -0.3 is 5.11 Å².